The average Bonchev–Trinajstić information content (AvgIpc) is 2.27. The van der Waals surface area contributed by atoms with Gasteiger partial charge in [-0.05, 0) is 0 Å². The van der Waals surface area contributed by atoms with Crippen LogP contribution in [0.15, 0.2) is 0 Å². The average molecular weight is 167 g/mol. The minimum absolute atomic E-state index is 0.0461. The maximum Gasteiger partial charge on any atom is 0.223 e. The van der Waals surface area contributed by atoms with Crippen molar-refractivity contribution >= 4 is 11.8 Å². The normalized spacial score (nSPS) is 25.4. The van der Waals surface area contributed by atoms with Crippen molar-refractivity contribution in [1.82, 2.24) is 10.2 Å². The van der Waals surface area contributed by atoms with Gasteiger partial charge in [-0.25, -0.2) is 0 Å². The van der Waals surface area contributed by atoms with Crippen molar-refractivity contribution in [2.24, 2.45) is 5.41 Å². The van der Waals surface area contributed by atoms with Crippen molar-refractivity contribution in [3.63, 3.8) is 0 Å². The predicted octanol–water partition coefficient (Wildman–Crippen LogP) is -0.831. The lowest BCUT2D eigenvalue weighted by molar-refractivity contribution is -0.138. The molecular weight excluding hydrogens is 156 g/mol. The highest BCUT2D eigenvalue weighted by molar-refractivity contribution is 5.83. The molecule has 1 spiro atoms. The molecule has 2 rings (SSSR count). The van der Waals surface area contributed by atoms with Gasteiger partial charge in [-0.1, -0.05) is 0 Å². The Bertz CT molecular complexity index is 243. The van der Waals surface area contributed by atoms with Gasteiger partial charge in [-0.15, -0.1) is 0 Å². The molecule has 0 unspecified atom stereocenters. The molecule has 0 saturated carbocycles. The molecule has 2 saturated heterocycles. The number of nitrogens with one attached hydrogen (secondary N) is 1. The Hall–Kier alpha value is -1.06. The van der Waals surface area contributed by atoms with E-state index in [-0.39, 0.29) is 17.2 Å². The highest BCUT2D eigenvalue weighted by Gasteiger charge is 2.48. The first-order valence-corrected chi connectivity index (χ1v) is 3.99. The molecule has 4 heteroatoms. The second-order valence-corrected chi connectivity index (χ2v) is 3.70. The van der Waals surface area contributed by atoms with Gasteiger partial charge in [0.2, 0.25) is 11.8 Å². The van der Waals surface area contributed by atoms with Gasteiger partial charge in [0.05, 0.1) is 0 Å². The van der Waals surface area contributed by atoms with Crippen molar-refractivity contribution in [1.29, 1.82) is 0 Å². The Morgan fingerprint density at radius 3 is 2.67 bits per heavy atom. The molecule has 2 aliphatic heterocycles. The van der Waals surface area contributed by atoms with Gasteiger partial charge < -0.3 is 10.2 Å². The third kappa shape index (κ3) is 0.983. The molecule has 0 aliphatic carbocycles. The molecule has 1 N–H and O–H groups in total. The molecule has 65 valence electrons. The van der Waals surface area contributed by atoms with Gasteiger partial charge in [-0.3, -0.25) is 9.59 Å². The number of carbonyl (C=O) groups is 2. The monoisotopic (exact) mass is 167 g/mol. The highest BCUT2D eigenvalue weighted by Crippen LogP contribution is 2.36. The summed E-state index contributed by atoms with van der Waals surface area (Å²) in [6, 6.07) is 0. The number of nitrogens with zero attached hydrogens (tertiary/aromatic N) is 1. The second kappa shape index (κ2) is 2.21. The minimum Gasteiger partial charge on any atom is -0.355 e. The van der Waals surface area contributed by atoms with Crippen molar-refractivity contribution in [3.8, 4) is 0 Å². The molecule has 2 heterocycles. The summed E-state index contributed by atoms with van der Waals surface area (Å²) >= 11 is 0. The zero-order valence-corrected chi connectivity index (χ0v) is 6.80. The lowest BCUT2D eigenvalue weighted by atomic mass is 9.79. The summed E-state index contributed by atoms with van der Waals surface area (Å²) in [5.74, 6) is -0.0360. The Labute approximate surface area is 70.9 Å². The fourth-order valence-electron chi connectivity index (χ4n) is 1.92. The van der Waals surface area contributed by atoms with E-state index in [2.05, 4.69) is 12.2 Å². The molecule has 0 bridgehead atoms. The Morgan fingerprint density at radius 2 is 2.25 bits per heavy atom. The number of rotatable bonds is 0. The predicted molar refractivity (Wildman–Crippen MR) is 42.0 cm³/mol. The summed E-state index contributed by atoms with van der Waals surface area (Å²) in [6.07, 6.45) is 0.566. The van der Waals surface area contributed by atoms with E-state index >= 15 is 0 Å². The highest BCUT2D eigenvalue weighted by atomic mass is 16.2. The lowest BCUT2D eigenvalue weighted by Gasteiger charge is -2.46. The van der Waals surface area contributed by atoms with Crippen LogP contribution in [0.4, 0.5) is 0 Å². The van der Waals surface area contributed by atoms with Gasteiger partial charge in [0.25, 0.3) is 0 Å². The number of likely N-dealkylation sites (tertiary alicyclic amines) is 1. The third-order valence-corrected chi connectivity index (χ3v) is 2.60. The summed E-state index contributed by atoms with van der Waals surface area (Å²) in [5.41, 5.74) is 0.0461. The Morgan fingerprint density at radius 1 is 1.58 bits per heavy atom. The van der Waals surface area contributed by atoms with E-state index in [0.29, 0.717) is 19.5 Å². The van der Waals surface area contributed by atoms with Crippen LogP contribution in [0, 0.1) is 12.3 Å². The number of amides is 2. The van der Waals surface area contributed by atoms with Crippen molar-refractivity contribution in [2.45, 2.75) is 6.42 Å². The van der Waals surface area contributed by atoms with E-state index in [1.54, 1.807) is 4.90 Å². The number of carbonyl (C=O) groups excluding carboxylic acids is 2. The summed E-state index contributed by atoms with van der Waals surface area (Å²) in [4.78, 5) is 23.3. The van der Waals surface area contributed by atoms with Crippen LogP contribution in [0.3, 0.4) is 0 Å². The first kappa shape index (κ1) is 7.58. The molecule has 2 amide bonds. The SMILES string of the molecule is [CH2]C(=O)N1CC2(CNC(=O)C2)C1. The van der Waals surface area contributed by atoms with E-state index in [9.17, 15) is 9.59 Å². The third-order valence-electron chi connectivity index (χ3n) is 2.60. The van der Waals surface area contributed by atoms with Crippen LogP contribution in [0.1, 0.15) is 6.42 Å². The lowest BCUT2D eigenvalue weighted by Crippen LogP contribution is -2.58. The smallest absolute Gasteiger partial charge is 0.223 e. The number of hydrogen-bond donors (Lipinski definition) is 1. The quantitative estimate of drug-likeness (QED) is 0.512. The maximum atomic E-state index is 10.9. The molecule has 0 aromatic heterocycles. The van der Waals surface area contributed by atoms with Crippen LogP contribution in [-0.4, -0.2) is 36.3 Å². The van der Waals surface area contributed by atoms with Crippen molar-refractivity contribution in [2.75, 3.05) is 19.6 Å². The van der Waals surface area contributed by atoms with Gasteiger partial charge in [0.1, 0.15) is 0 Å². The molecule has 4 nitrogen and oxygen atoms in total. The van der Waals surface area contributed by atoms with Gasteiger partial charge in [-0.2, -0.15) is 0 Å². The standard InChI is InChI=1S/C8H11N2O2/c1-6(11)10-4-8(5-10)2-7(12)9-3-8/h1-5H2,(H,9,12). The molecule has 2 fully saturated rings. The summed E-state index contributed by atoms with van der Waals surface area (Å²) < 4.78 is 0. The fourth-order valence-corrected chi connectivity index (χ4v) is 1.92. The van der Waals surface area contributed by atoms with Crippen LogP contribution in [0.25, 0.3) is 0 Å². The van der Waals surface area contributed by atoms with Gasteiger partial charge in [0.15, 0.2) is 0 Å². The number of hydrogen-bond acceptors (Lipinski definition) is 2. The zero-order valence-electron chi connectivity index (χ0n) is 6.80. The molecule has 0 aromatic rings. The topological polar surface area (TPSA) is 49.4 Å². The Kier molecular flexibility index (Phi) is 1.40. The van der Waals surface area contributed by atoms with Crippen LogP contribution in [0.5, 0.6) is 0 Å². The van der Waals surface area contributed by atoms with Crippen molar-refractivity contribution in [3.05, 3.63) is 6.92 Å². The minimum atomic E-state index is -0.139. The largest absolute Gasteiger partial charge is 0.355 e. The van der Waals surface area contributed by atoms with Crippen molar-refractivity contribution < 1.29 is 9.59 Å². The van der Waals surface area contributed by atoms with E-state index in [1.807, 2.05) is 0 Å². The van der Waals surface area contributed by atoms with Crippen LogP contribution >= 0.6 is 0 Å². The van der Waals surface area contributed by atoms with Gasteiger partial charge in [0, 0.05) is 38.4 Å². The Balaban J connectivity index is 1.95. The summed E-state index contributed by atoms with van der Waals surface area (Å²) in [6.45, 7) is 5.41. The van der Waals surface area contributed by atoms with Crippen LogP contribution < -0.4 is 5.32 Å². The summed E-state index contributed by atoms with van der Waals surface area (Å²) in [5, 5.41) is 2.77. The molecule has 2 aliphatic rings. The summed E-state index contributed by atoms with van der Waals surface area (Å²) in [7, 11) is 0. The molecule has 0 atom stereocenters. The first-order valence-electron chi connectivity index (χ1n) is 3.99. The van der Waals surface area contributed by atoms with E-state index in [4.69, 9.17) is 0 Å². The first-order chi connectivity index (χ1) is 5.61. The second-order valence-electron chi connectivity index (χ2n) is 3.70. The fraction of sp³-hybridized carbons (Fsp3) is 0.625. The zero-order chi connectivity index (χ0) is 8.77. The molecular formula is C8H11N2O2. The van der Waals surface area contributed by atoms with Crippen LogP contribution in [0.2, 0.25) is 0 Å². The van der Waals surface area contributed by atoms with Gasteiger partial charge >= 0.3 is 0 Å². The maximum absolute atomic E-state index is 10.9. The van der Waals surface area contributed by atoms with E-state index in [0.717, 1.165) is 6.54 Å². The molecule has 12 heavy (non-hydrogen) atoms. The van der Waals surface area contributed by atoms with E-state index < -0.39 is 0 Å². The molecule has 0 aromatic carbocycles. The molecule has 1 radical (unpaired) electrons. The van der Waals surface area contributed by atoms with Crippen LogP contribution in [-0.2, 0) is 9.59 Å². The van der Waals surface area contributed by atoms with E-state index in [1.165, 1.54) is 0 Å².